The van der Waals surface area contributed by atoms with Crippen LogP contribution in [0.3, 0.4) is 0 Å². The van der Waals surface area contributed by atoms with E-state index in [1.807, 2.05) is 6.26 Å². The minimum absolute atomic E-state index is 0.664. The summed E-state index contributed by atoms with van der Waals surface area (Å²) in [5.74, 6) is 0.664. The molecule has 0 saturated heterocycles. The smallest absolute Gasteiger partial charge is 0.0981 e. The SMILES string of the molecule is CCCN(CCC)C1Cc2c(-c3ccoc3)ccc3c2C(CN3)C1. The van der Waals surface area contributed by atoms with Crippen LogP contribution in [0.1, 0.15) is 50.2 Å². The van der Waals surface area contributed by atoms with Gasteiger partial charge < -0.3 is 14.6 Å². The van der Waals surface area contributed by atoms with Crippen LogP contribution in [0.25, 0.3) is 11.1 Å². The van der Waals surface area contributed by atoms with Crippen LogP contribution in [-0.4, -0.2) is 30.6 Å². The summed E-state index contributed by atoms with van der Waals surface area (Å²) in [6.45, 7) is 8.13. The second-order valence-electron chi connectivity index (χ2n) is 7.27. The van der Waals surface area contributed by atoms with E-state index in [9.17, 15) is 0 Å². The van der Waals surface area contributed by atoms with E-state index in [0.717, 1.165) is 6.54 Å². The van der Waals surface area contributed by atoms with Crippen LogP contribution in [0.2, 0.25) is 0 Å². The van der Waals surface area contributed by atoms with Gasteiger partial charge in [0.1, 0.15) is 0 Å². The van der Waals surface area contributed by atoms with Gasteiger partial charge in [-0.3, -0.25) is 0 Å². The number of rotatable bonds is 6. The molecule has 1 N–H and O–H groups in total. The van der Waals surface area contributed by atoms with E-state index in [1.54, 1.807) is 17.4 Å². The summed E-state index contributed by atoms with van der Waals surface area (Å²) in [5, 5.41) is 3.64. The second kappa shape index (κ2) is 6.64. The minimum Gasteiger partial charge on any atom is -0.472 e. The molecule has 0 radical (unpaired) electrons. The average molecular weight is 324 g/mol. The predicted molar refractivity (Wildman–Crippen MR) is 99.6 cm³/mol. The van der Waals surface area contributed by atoms with Crippen molar-refractivity contribution in [1.82, 2.24) is 4.90 Å². The first-order valence-electron chi connectivity index (χ1n) is 9.48. The first kappa shape index (κ1) is 15.8. The summed E-state index contributed by atoms with van der Waals surface area (Å²) in [4.78, 5) is 2.73. The topological polar surface area (TPSA) is 28.4 Å². The summed E-state index contributed by atoms with van der Waals surface area (Å²) in [6.07, 6.45) is 8.60. The third-order valence-corrected chi connectivity index (χ3v) is 5.67. The van der Waals surface area contributed by atoms with Gasteiger partial charge in [0.15, 0.2) is 0 Å². The molecule has 1 aliphatic carbocycles. The minimum atomic E-state index is 0.664. The van der Waals surface area contributed by atoms with Gasteiger partial charge in [-0.15, -0.1) is 0 Å². The van der Waals surface area contributed by atoms with Gasteiger partial charge >= 0.3 is 0 Å². The van der Waals surface area contributed by atoms with Crippen LogP contribution in [0.15, 0.2) is 35.1 Å². The Morgan fingerprint density at radius 1 is 1.17 bits per heavy atom. The lowest BCUT2D eigenvalue weighted by molar-refractivity contribution is 0.173. The highest BCUT2D eigenvalue weighted by Crippen LogP contribution is 2.46. The van der Waals surface area contributed by atoms with Gasteiger partial charge in [-0.25, -0.2) is 0 Å². The predicted octanol–water partition coefficient (Wildman–Crippen LogP) is 4.89. The molecule has 3 nitrogen and oxygen atoms in total. The van der Waals surface area contributed by atoms with Crippen molar-refractivity contribution in [3.63, 3.8) is 0 Å². The maximum atomic E-state index is 5.36. The molecule has 2 aromatic rings. The van der Waals surface area contributed by atoms with Crippen LogP contribution in [0, 0.1) is 0 Å². The third-order valence-electron chi connectivity index (χ3n) is 5.67. The number of furan rings is 1. The number of benzene rings is 1. The summed E-state index contributed by atoms with van der Waals surface area (Å²) < 4.78 is 5.36. The third kappa shape index (κ3) is 2.65. The maximum absolute atomic E-state index is 5.36. The molecule has 0 bridgehead atoms. The monoisotopic (exact) mass is 324 g/mol. The quantitative estimate of drug-likeness (QED) is 0.820. The van der Waals surface area contributed by atoms with Crippen molar-refractivity contribution < 1.29 is 4.42 Å². The van der Waals surface area contributed by atoms with Crippen LogP contribution in [-0.2, 0) is 6.42 Å². The van der Waals surface area contributed by atoms with Crippen molar-refractivity contribution in [1.29, 1.82) is 0 Å². The Labute approximate surface area is 145 Å². The zero-order valence-corrected chi connectivity index (χ0v) is 14.8. The molecule has 3 heteroatoms. The largest absolute Gasteiger partial charge is 0.472 e. The van der Waals surface area contributed by atoms with Gasteiger partial charge in [0, 0.05) is 29.8 Å². The molecule has 0 amide bonds. The zero-order valence-electron chi connectivity index (χ0n) is 14.8. The van der Waals surface area contributed by atoms with Gasteiger partial charge in [0.05, 0.1) is 12.5 Å². The zero-order chi connectivity index (χ0) is 16.5. The highest BCUT2D eigenvalue weighted by molar-refractivity contribution is 5.75. The van der Waals surface area contributed by atoms with E-state index in [-0.39, 0.29) is 0 Å². The average Bonchev–Trinajstić information content (AvgIpc) is 3.26. The second-order valence-corrected chi connectivity index (χ2v) is 7.27. The molecule has 2 aliphatic rings. The van der Waals surface area contributed by atoms with Crippen molar-refractivity contribution in [2.75, 3.05) is 25.0 Å². The fraction of sp³-hybridized carbons (Fsp3) is 0.524. The molecular weight excluding hydrogens is 296 g/mol. The summed E-state index contributed by atoms with van der Waals surface area (Å²) in [5.41, 5.74) is 7.08. The van der Waals surface area contributed by atoms with Gasteiger partial charge in [-0.1, -0.05) is 19.9 Å². The van der Waals surface area contributed by atoms with Gasteiger partial charge in [0.25, 0.3) is 0 Å². The Morgan fingerprint density at radius 3 is 2.71 bits per heavy atom. The lowest BCUT2D eigenvalue weighted by Gasteiger charge is -2.38. The van der Waals surface area contributed by atoms with Crippen molar-refractivity contribution in [2.45, 2.75) is 51.5 Å². The van der Waals surface area contributed by atoms with E-state index in [0.29, 0.717) is 12.0 Å². The highest BCUT2D eigenvalue weighted by atomic mass is 16.3. The molecule has 0 spiro atoms. The molecular formula is C21H28N2O. The molecule has 24 heavy (non-hydrogen) atoms. The summed E-state index contributed by atoms with van der Waals surface area (Å²) >= 11 is 0. The lowest BCUT2D eigenvalue weighted by Crippen LogP contribution is -2.41. The van der Waals surface area contributed by atoms with Crippen molar-refractivity contribution in [3.8, 4) is 11.1 Å². The Morgan fingerprint density at radius 2 is 2.00 bits per heavy atom. The van der Waals surface area contributed by atoms with Crippen molar-refractivity contribution in [3.05, 3.63) is 41.9 Å². The van der Waals surface area contributed by atoms with Gasteiger partial charge in [-0.2, -0.15) is 0 Å². The van der Waals surface area contributed by atoms with E-state index < -0.39 is 0 Å². The number of hydrogen-bond donors (Lipinski definition) is 1. The fourth-order valence-electron chi connectivity index (χ4n) is 4.71. The van der Waals surface area contributed by atoms with E-state index in [2.05, 4.69) is 42.3 Å². The number of hydrogen-bond acceptors (Lipinski definition) is 3. The fourth-order valence-corrected chi connectivity index (χ4v) is 4.71. The molecule has 1 aromatic carbocycles. The molecule has 2 unspecified atom stereocenters. The van der Waals surface area contributed by atoms with E-state index in [1.165, 1.54) is 55.6 Å². The number of nitrogens with one attached hydrogen (secondary N) is 1. The standard InChI is InChI=1S/C21H28N2O/c1-3-8-23(9-4-2)17-11-16-13-22-20-6-5-18(15-7-10-24-14-15)19(12-17)21(16)20/h5-7,10,14,16-17,22H,3-4,8-9,11-13H2,1-2H3. The van der Waals surface area contributed by atoms with Crippen LogP contribution >= 0.6 is 0 Å². The van der Waals surface area contributed by atoms with Crippen LogP contribution in [0.5, 0.6) is 0 Å². The van der Waals surface area contributed by atoms with Crippen molar-refractivity contribution >= 4 is 5.69 Å². The Kier molecular flexibility index (Phi) is 4.36. The van der Waals surface area contributed by atoms with Gasteiger partial charge in [-0.05, 0) is 67.6 Å². The first-order chi connectivity index (χ1) is 11.8. The molecule has 0 saturated carbocycles. The Bertz CT molecular complexity index is 686. The molecule has 2 atom stereocenters. The molecule has 1 aromatic heterocycles. The highest BCUT2D eigenvalue weighted by Gasteiger charge is 2.36. The first-order valence-corrected chi connectivity index (χ1v) is 9.48. The van der Waals surface area contributed by atoms with E-state index in [4.69, 9.17) is 4.42 Å². The summed E-state index contributed by atoms with van der Waals surface area (Å²) in [7, 11) is 0. The van der Waals surface area contributed by atoms with Crippen LogP contribution in [0.4, 0.5) is 5.69 Å². The molecule has 4 rings (SSSR count). The molecule has 1 aliphatic heterocycles. The molecule has 2 heterocycles. The summed E-state index contributed by atoms with van der Waals surface area (Å²) in [6, 6.07) is 7.30. The Balaban J connectivity index is 1.73. The normalized spacial score (nSPS) is 21.8. The van der Waals surface area contributed by atoms with Crippen LogP contribution < -0.4 is 5.32 Å². The molecule has 0 fully saturated rings. The van der Waals surface area contributed by atoms with E-state index >= 15 is 0 Å². The van der Waals surface area contributed by atoms with Gasteiger partial charge in [0.2, 0.25) is 0 Å². The Hall–Kier alpha value is -1.74. The maximum Gasteiger partial charge on any atom is 0.0981 e. The lowest BCUT2D eigenvalue weighted by atomic mass is 9.77. The van der Waals surface area contributed by atoms with Crippen molar-refractivity contribution in [2.24, 2.45) is 0 Å². The molecule has 128 valence electrons. The number of anilines is 1. The number of nitrogens with zero attached hydrogens (tertiary/aromatic N) is 1.